The first-order valence-corrected chi connectivity index (χ1v) is 7.62. The van der Waals surface area contributed by atoms with Crippen LogP contribution in [0.2, 0.25) is 0 Å². The summed E-state index contributed by atoms with van der Waals surface area (Å²) in [5.74, 6) is 0.361. The maximum absolute atomic E-state index is 13.8. The second-order valence-corrected chi connectivity index (χ2v) is 5.65. The maximum Gasteiger partial charge on any atom is 0.167 e. The molecule has 1 unspecified atom stereocenters. The van der Waals surface area contributed by atoms with Gasteiger partial charge in [0.15, 0.2) is 11.6 Å². The van der Waals surface area contributed by atoms with Crippen LogP contribution in [0.5, 0.6) is 5.75 Å². The number of hydrogen-bond donors (Lipinski definition) is 1. The van der Waals surface area contributed by atoms with Gasteiger partial charge in [-0.1, -0.05) is 6.92 Å². The van der Waals surface area contributed by atoms with Crippen LogP contribution in [0.4, 0.5) is 15.8 Å². The van der Waals surface area contributed by atoms with E-state index < -0.39 is 5.82 Å². The molecule has 21 heavy (non-hydrogen) atoms. The minimum absolute atomic E-state index is 0.271. The number of rotatable bonds is 6. The maximum atomic E-state index is 13.8. The Balaban J connectivity index is 2.09. The summed E-state index contributed by atoms with van der Waals surface area (Å²) in [4.78, 5) is 2.06. The van der Waals surface area contributed by atoms with Crippen molar-refractivity contribution in [3.8, 4) is 5.75 Å². The lowest BCUT2D eigenvalue weighted by Crippen LogP contribution is -2.31. The van der Waals surface area contributed by atoms with Crippen molar-refractivity contribution in [3.63, 3.8) is 0 Å². The van der Waals surface area contributed by atoms with Crippen molar-refractivity contribution in [1.29, 1.82) is 0 Å². The van der Waals surface area contributed by atoms with E-state index in [4.69, 9.17) is 15.2 Å². The first-order chi connectivity index (χ1) is 10.1. The molecule has 4 nitrogen and oxygen atoms in total. The number of nitrogen functional groups attached to an aromatic ring is 1. The van der Waals surface area contributed by atoms with E-state index in [0.717, 1.165) is 44.7 Å². The second-order valence-electron chi connectivity index (χ2n) is 5.65. The molecule has 1 aliphatic heterocycles. The van der Waals surface area contributed by atoms with Crippen molar-refractivity contribution in [2.24, 2.45) is 5.92 Å². The van der Waals surface area contributed by atoms with E-state index in [1.54, 1.807) is 6.07 Å². The number of ether oxygens (including phenoxy) is 2. The zero-order chi connectivity index (χ0) is 15.2. The lowest BCUT2D eigenvalue weighted by atomic mass is 10.0. The van der Waals surface area contributed by atoms with Crippen LogP contribution in [0.3, 0.4) is 0 Å². The van der Waals surface area contributed by atoms with Gasteiger partial charge in [-0.05, 0) is 25.2 Å². The predicted octanol–water partition coefficient (Wildman–Crippen LogP) is 3.06. The van der Waals surface area contributed by atoms with Gasteiger partial charge in [0.05, 0.1) is 24.6 Å². The zero-order valence-corrected chi connectivity index (χ0v) is 12.9. The van der Waals surface area contributed by atoms with Crippen LogP contribution in [0.1, 0.15) is 26.2 Å². The lowest BCUT2D eigenvalue weighted by Gasteiger charge is -2.29. The molecule has 1 aromatic carbocycles. The van der Waals surface area contributed by atoms with Gasteiger partial charge in [0.1, 0.15) is 0 Å². The summed E-state index contributed by atoms with van der Waals surface area (Å²) in [5.41, 5.74) is 7.21. The van der Waals surface area contributed by atoms with Gasteiger partial charge in [-0.2, -0.15) is 0 Å². The molecule has 0 saturated carbocycles. The van der Waals surface area contributed by atoms with Gasteiger partial charge in [0.25, 0.3) is 0 Å². The summed E-state index contributed by atoms with van der Waals surface area (Å²) in [7, 11) is 1.97. The molecule has 1 heterocycles. The molecule has 0 radical (unpaired) electrons. The smallest absolute Gasteiger partial charge is 0.167 e. The van der Waals surface area contributed by atoms with E-state index in [-0.39, 0.29) is 5.75 Å². The third-order valence-electron chi connectivity index (χ3n) is 3.74. The summed E-state index contributed by atoms with van der Waals surface area (Å²) in [6.07, 6.45) is 3.10. The summed E-state index contributed by atoms with van der Waals surface area (Å²) in [6, 6.07) is 3.04. The minimum atomic E-state index is -0.404. The van der Waals surface area contributed by atoms with E-state index in [0.29, 0.717) is 18.2 Å². The van der Waals surface area contributed by atoms with Crippen LogP contribution in [-0.2, 0) is 4.74 Å². The monoisotopic (exact) mass is 296 g/mol. The van der Waals surface area contributed by atoms with Crippen molar-refractivity contribution in [2.45, 2.75) is 26.2 Å². The summed E-state index contributed by atoms with van der Waals surface area (Å²) in [5, 5.41) is 0. The highest BCUT2D eigenvalue weighted by molar-refractivity contribution is 5.69. The normalized spacial score (nSPS) is 18.5. The van der Waals surface area contributed by atoms with Crippen LogP contribution < -0.4 is 15.4 Å². The molecule has 0 amide bonds. The molecule has 2 rings (SSSR count). The molecule has 118 valence electrons. The molecule has 1 atom stereocenters. The van der Waals surface area contributed by atoms with Crippen LogP contribution in [-0.4, -0.2) is 33.4 Å². The zero-order valence-electron chi connectivity index (χ0n) is 12.9. The predicted molar refractivity (Wildman–Crippen MR) is 83.4 cm³/mol. The molecular formula is C16H25FN2O2. The van der Waals surface area contributed by atoms with Gasteiger partial charge in [-0.25, -0.2) is 4.39 Å². The van der Waals surface area contributed by atoms with Gasteiger partial charge in [0.2, 0.25) is 0 Å². The number of benzene rings is 1. The van der Waals surface area contributed by atoms with E-state index in [1.807, 2.05) is 14.0 Å². The molecule has 0 aromatic heterocycles. The molecule has 2 N–H and O–H groups in total. The van der Waals surface area contributed by atoms with E-state index in [2.05, 4.69) is 4.90 Å². The number of nitrogens with zero attached hydrogens (tertiary/aromatic N) is 1. The van der Waals surface area contributed by atoms with Crippen LogP contribution in [0.25, 0.3) is 0 Å². The average molecular weight is 296 g/mol. The van der Waals surface area contributed by atoms with Crippen molar-refractivity contribution in [1.82, 2.24) is 0 Å². The lowest BCUT2D eigenvalue weighted by molar-refractivity contribution is 0.0576. The van der Waals surface area contributed by atoms with Crippen LogP contribution >= 0.6 is 0 Å². The molecular weight excluding hydrogens is 271 g/mol. The van der Waals surface area contributed by atoms with Gasteiger partial charge < -0.3 is 20.1 Å². The van der Waals surface area contributed by atoms with Gasteiger partial charge in [0, 0.05) is 32.3 Å². The highest BCUT2D eigenvalue weighted by Gasteiger charge is 2.18. The Morgan fingerprint density at radius 3 is 2.95 bits per heavy atom. The average Bonchev–Trinajstić information content (AvgIpc) is 2.47. The van der Waals surface area contributed by atoms with Crippen molar-refractivity contribution in [3.05, 3.63) is 17.9 Å². The highest BCUT2D eigenvalue weighted by atomic mass is 19.1. The van der Waals surface area contributed by atoms with Crippen molar-refractivity contribution >= 4 is 11.4 Å². The SMILES string of the molecule is CCCOc1cc(N(C)CC2CCCOC2)c(N)cc1F. The van der Waals surface area contributed by atoms with Crippen molar-refractivity contribution in [2.75, 3.05) is 44.0 Å². The molecule has 1 aliphatic rings. The fraction of sp³-hybridized carbons (Fsp3) is 0.625. The molecule has 1 saturated heterocycles. The molecule has 1 aromatic rings. The second kappa shape index (κ2) is 7.50. The third kappa shape index (κ3) is 4.24. The van der Waals surface area contributed by atoms with E-state index >= 15 is 0 Å². The third-order valence-corrected chi connectivity index (χ3v) is 3.74. The Kier molecular flexibility index (Phi) is 5.67. The molecule has 5 heteroatoms. The first-order valence-electron chi connectivity index (χ1n) is 7.62. The number of hydrogen-bond acceptors (Lipinski definition) is 4. The summed E-state index contributed by atoms with van der Waals surface area (Å²) >= 11 is 0. The van der Waals surface area contributed by atoms with Gasteiger partial charge in [-0.3, -0.25) is 0 Å². The van der Waals surface area contributed by atoms with Gasteiger partial charge in [-0.15, -0.1) is 0 Å². The number of nitrogens with two attached hydrogens (primary N) is 1. The number of halogens is 1. The molecule has 0 aliphatic carbocycles. The Hall–Kier alpha value is -1.49. The Morgan fingerprint density at radius 1 is 1.48 bits per heavy atom. The largest absolute Gasteiger partial charge is 0.490 e. The Morgan fingerprint density at radius 2 is 2.29 bits per heavy atom. The van der Waals surface area contributed by atoms with Crippen LogP contribution in [0.15, 0.2) is 12.1 Å². The Bertz CT molecular complexity index is 462. The molecule has 0 spiro atoms. The van der Waals surface area contributed by atoms with Crippen molar-refractivity contribution < 1.29 is 13.9 Å². The van der Waals surface area contributed by atoms with Gasteiger partial charge >= 0.3 is 0 Å². The molecule has 1 fully saturated rings. The topological polar surface area (TPSA) is 47.7 Å². The fourth-order valence-corrected chi connectivity index (χ4v) is 2.65. The number of anilines is 2. The summed E-state index contributed by atoms with van der Waals surface area (Å²) in [6.45, 7) is 4.98. The minimum Gasteiger partial charge on any atom is -0.490 e. The van der Waals surface area contributed by atoms with E-state index in [1.165, 1.54) is 6.07 Å². The quantitative estimate of drug-likeness (QED) is 0.820. The first kappa shape index (κ1) is 15.9. The standard InChI is InChI=1S/C16H25FN2O2/c1-3-6-21-16-9-15(14(18)8-13(16)17)19(2)10-12-5-4-7-20-11-12/h8-9,12H,3-7,10-11,18H2,1-2H3. The van der Waals surface area contributed by atoms with E-state index in [9.17, 15) is 4.39 Å². The Labute approximate surface area is 126 Å². The summed E-state index contributed by atoms with van der Waals surface area (Å²) < 4.78 is 24.8. The van der Waals surface area contributed by atoms with Crippen LogP contribution in [0, 0.1) is 11.7 Å². The molecule has 0 bridgehead atoms. The fourth-order valence-electron chi connectivity index (χ4n) is 2.65. The highest BCUT2D eigenvalue weighted by Crippen LogP contribution is 2.31.